The molecule has 29 heavy (non-hydrogen) atoms. The number of carbonyl (C=O) groups is 1. The van der Waals surface area contributed by atoms with Crippen LogP contribution in [0, 0.1) is 5.92 Å². The maximum Gasteiger partial charge on any atom is 0.341 e. The van der Waals surface area contributed by atoms with Gasteiger partial charge in [-0.05, 0) is 88.5 Å². The number of esters is 1. The Kier molecular flexibility index (Phi) is 9.72. The highest BCUT2D eigenvalue weighted by atomic mass is 16.5. The van der Waals surface area contributed by atoms with E-state index in [1.165, 1.54) is 16.7 Å². The van der Waals surface area contributed by atoms with Gasteiger partial charge in [-0.3, -0.25) is 0 Å². The number of hydrogen-bond acceptors (Lipinski definition) is 4. The SMILES string of the molecule is CC(=CCCc1ccoc1)CCC=C(C)CCC[C@H](C)C=C1C=C(CO)C(=O)O1. The molecule has 4 nitrogen and oxygen atoms in total. The molecule has 2 heterocycles. The summed E-state index contributed by atoms with van der Waals surface area (Å²) >= 11 is 0. The number of hydrogen-bond donors (Lipinski definition) is 1. The molecule has 1 N–H and O–H groups in total. The van der Waals surface area contributed by atoms with Gasteiger partial charge in [0.15, 0.2) is 0 Å². The van der Waals surface area contributed by atoms with Crippen LogP contribution in [0.4, 0.5) is 0 Å². The van der Waals surface area contributed by atoms with E-state index in [9.17, 15) is 4.79 Å². The number of aryl methyl sites for hydroxylation is 1. The molecule has 0 aliphatic carbocycles. The Morgan fingerprint density at radius 1 is 1.17 bits per heavy atom. The topological polar surface area (TPSA) is 59.7 Å². The molecule has 2 rings (SSSR count). The molecule has 1 aliphatic heterocycles. The van der Waals surface area contributed by atoms with Crippen molar-refractivity contribution in [2.24, 2.45) is 5.92 Å². The van der Waals surface area contributed by atoms with Gasteiger partial charge >= 0.3 is 5.97 Å². The average molecular weight is 399 g/mol. The van der Waals surface area contributed by atoms with E-state index < -0.39 is 5.97 Å². The summed E-state index contributed by atoms with van der Waals surface area (Å²) in [6.07, 6.45) is 19.4. The normalized spacial score (nSPS) is 17.6. The van der Waals surface area contributed by atoms with E-state index in [1.807, 2.05) is 18.4 Å². The fraction of sp³-hybridized carbons (Fsp3) is 0.480. The van der Waals surface area contributed by atoms with Gasteiger partial charge in [0.2, 0.25) is 0 Å². The molecule has 0 radical (unpaired) electrons. The molecule has 4 heteroatoms. The molecule has 1 aromatic rings. The Morgan fingerprint density at radius 3 is 2.62 bits per heavy atom. The number of aliphatic hydroxyl groups is 1. The summed E-state index contributed by atoms with van der Waals surface area (Å²) < 4.78 is 10.2. The molecule has 0 spiro atoms. The Hall–Kier alpha value is -2.33. The molecule has 0 amide bonds. The lowest BCUT2D eigenvalue weighted by Crippen LogP contribution is -2.02. The zero-order valence-corrected chi connectivity index (χ0v) is 17.9. The lowest BCUT2D eigenvalue weighted by Gasteiger charge is -2.08. The number of rotatable bonds is 12. The van der Waals surface area contributed by atoms with E-state index in [1.54, 1.807) is 12.3 Å². The number of carbonyl (C=O) groups excluding carboxylic acids is 1. The summed E-state index contributed by atoms with van der Waals surface area (Å²) in [4.78, 5) is 11.5. The molecule has 1 aromatic heterocycles. The molecule has 0 aromatic carbocycles. The summed E-state index contributed by atoms with van der Waals surface area (Å²) in [6.45, 7) is 6.27. The molecule has 0 unspecified atom stereocenters. The van der Waals surface area contributed by atoms with Crippen molar-refractivity contribution in [2.75, 3.05) is 6.61 Å². The van der Waals surface area contributed by atoms with Crippen LogP contribution >= 0.6 is 0 Å². The van der Waals surface area contributed by atoms with Crippen LogP contribution in [-0.2, 0) is 16.0 Å². The second-order valence-corrected chi connectivity index (χ2v) is 7.97. The standard InChI is InChI=1S/C25H34O4/c1-19(7-4-8-20(2)10-6-12-22-13-14-28-18-22)9-5-11-21(3)15-24-16-23(17-26)25(27)29-24/h7,10,13-16,18,21,26H,4-6,8-9,11-12,17H2,1-3H3/t21-/m0/s1. The summed E-state index contributed by atoms with van der Waals surface area (Å²) in [5, 5.41) is 9.07. The molecule has 1 aliphatic rings. The lowest BCUT2D eigenvalue weighted by atomic mass is 9.99. The quantitative estimate of drug-likeness (QED) is 0.344. The Bertz CT molecular complexity index is 763. The minimum atomic E-state index is -0.435. The maximum atomic E-state index is 11.5. The van der Waals surface area contributed by atoms with Crippen molar-refractivity contribution >= 4 is 5.97 Å². The van der Waals surface area contributed by atoms with Gasteiger partial charge in [-0.15, -0.1) is 0 Å². The van der Waals surface area contributed by atoms with Crippen molar-refractivity contribution in [3.8, 4) is 0 Å². The summed E-state index contributed by atoms with van der Waals surface area (Å²) in [7, 11) is 0. The van der Waals surface area contributed by atoms with Crippen LogP contribution in [0.3, 0.4) is 0 Å². The maximum absolute atomic E-state index is 11.5. The first-order valence-corrected chi connectivity index (χ1v) is 10.6. The van der Waals surface area contributed by atoms with Crippen LogP contribution in [0.1, 0.15) is 64.9 Å². The van der Waals surface area contributed by atoms with Crippen molar-refractivity contribution < 1.29 is 19.1 Å². The molecule has 0 saturated heterocycles. The van der Waals surface area contributed by atoms with Gasteiger partial charge in [0.1, 0.15) is 5.76 Å². The van der Waals surface area contributed by atoms with Crippen molar-refractivity contribution in [3.05, 3.63) is 70.9 Å². The fourth-order valence-corrected chi connectivity index (χ4v) is 3.36. The minimum Gasteiger partial charge on any atom is -0.472 e. The molecule has 158 valence electrons. The van der Waals surface area contributed by atoms with Crippen molar-refractivity contribution in [3.63, 3.8) is 0 Å². The van der Waals surface area contributed by atoms with Gasteiger partial charge in [0.05, 0.1) is 24.7 Å². The number of aliphatic hydroxyl groups excluding tert-OH is 1. The Labute approximate surface area is 174 Å². The smallest absolute Gasteiger partial charge is 0.341 e. The number of allylic oxidation sites excluding steroid dienone is 6. The highest BCUT2D eigenvalue weighted by molar-refractivity contribution is 5.92. The molecule has 0 bridgehead atoms. The second-order valence-electron chi connectivity index (χ2n) is 7.97. The van der Waals surface area contributed by atoms with E-state index >= 15 is 0 Å². The van der Waals surface area contributed by atoms with Crippen LogP contribution < -0.4 is 0 Å². The van der Waals surface area contributed by atoms with E-state index in [-0.39, 0.29) is 6.61 Å². The number of cyclic esters (lactones) is 1. The van der Waals surface area contributed by atoms with Gasteiger partial charge in [-0.25, -0.2) is 4.79 Å². The van der Waals surface area contributed by atoms with Crippen molar-refractivity contribution in [1.82, 2.24) is 0 Å². The summed E-state index contributed by atoms with van der Waals surface area (Å²) in [5.41, 5.74) is 4.46. The third-order valence-electron chi connectivity index (χ3n) is 5.18. The lowest BCUT2D eigenvalue weighted by molar-refractivity contribution is -0.133. The number of ether oxygens (including phenoxy) is 1. The predicted molar refractivity (Wildman–Crippen MR) is 116 cm³/mol. The Balaban J connectivity index is 1.62. The third kappa shape index (κ3) is 8.70. The first-order valence-electron chi connectivity index (χ1n) is 10.6. The highest BCUT2D eigenvalue weighted by Gasteiger charge is 2.20. The minimum absolute atomic E-state index is 0.270. The van der Waals surface area contributed by atoms with Crippen molar-refractivity contribution in [1.29, 1.82) is 0 Å². The Morgan fingerprint density at radius 2 is 1.93 bits per heavy atom. The number of furan rings is 1. The molecular weight excluding hydrogens is 364 g/mol. The van der Waals surface area contributed by atoms with Gasteiger partial charge in [0, 0.05) is 0 Å². The van der Waals surface area contributed by atoms with Gasteiger partial charge in [-0.1, -0.05) is 30.2 Å². The first kappa shape index (κ1) is 23.0. The van der Waals surface area contributed by atoms with Crippen LogP contribution in [0.15, 0.2) is 69.8 Å². The third-order valence-corrected chi connectivity index (χ3v) is 5.18. The van der Waals surface area contributed by atoms with Gasteiger partial charge in [0.25, 0.3) is 0 Å². The van der Waals surface area contributed by atoms with Crippen molar-refractivity contribution in [2.45, 2.75) is 65.7 Å². The van der Waals surface area contributed by atoms with E-state index in [2.05, 4.69) is 32.9 Å². The second kappa shape index (κ2) is 12.3. The molecule has 0 fully saturated rings. The molecular formula is C25H34O4. The van der Waals surface area contributed by atoms with Crippen LogP contribution in [0.5, 0.6) is 0 Å². The predicted octanol–water partition coefficient (Wildman–Crippen LogP) is 6.05. The van der Waals surface area contributed by atoms with Gasteiger partial charge < -0.3 is 14.3 Å². The fourth-order valence-electron chi connectivity index (χ4n) is 3.36. The van der Waals surface area contributed by atoms with E-state index in [4.69, 9.17) is 14.3 Å². The van der Waals surface area contributed by atoms with E-state index in [0.717, 1.165) is 44.9 Å². The van der Waals surface area contributed by atoms with Crippen LogP contribution in [-0.4, -0.2) is 17.7 Å². The first-order chi connectivity index (χ1) is 14.0. The molecule has 1 atom stereocenters. The van der Waals surface area contributed by atoms with Crippen LogP contribution in [0.2, 0.25) is 0 Å². The van der Waals surface area contributed by atoms with E-state index in [0.29, 0.717) is 17.3 Å². The van der Waals surface area contributed by atoms with Gasteiger partial charge in [-0.2, -0.15) is 0 Å². The zero-order chi connectivity index (χ0) is 21.1. The zero-order valence-electron chi connectivity index (χ0n) is 17.9. The highest BCUT2D eigenvalue weighted by Crippen LogP contribution is 2.21. The largest absolute Gasteiger partial charge is 0.472 e. The monoisotopic (exact) mass is 398 g/mol. The summed E-state index contributed by atoms with van der Waals surface area (Å²) in [5.74, 6) is 0.463. The summed E-state index contributed by atoms with van der Waals surface area (Å²) in [6, 6.07) is 2.02. The average Bonchev–Trinajstić information content (AvgIpc) is 3.31. The van der Waals surface area contributed by atoms with Crippen LogP contribution in [0.25, 0.3) is 0 Å². The molecule has 0 saturated carbocycles.